The molecule has 0 rings (SSSR count). The fourth-order valence-corrected chi connectivity index (χ4v) is 0.841. The number of hydrogen-bond donors (Lipinski definition) is 0. The molecule has 2 heteroatoms. The molecule has 0 aromatic carbocycles. The summed E-state index contributed by atoms with van der Waals surface area (Å²) in [6.45, 7) is 11.4. The molecule has 0 aliphatic carbocycles. The van der Waals surface area contributed by atoms with Gasteiger partial charge in [0.25, 0.3) is 0 Å². The largest absolute Gasteiger partial charge is 0.446 e. The van der Waals surface area contributed by atoms with E-state index in [9.17, 15) is 4.79 Å². The highest BCUT2D eigenvalue weighted by Crippen LogP contribution is 2.24. The van der Waals surface area contributed by atoms with E-state index >= 15 is 0 Å². The van der Waals surface area contributed by atoms with Crippen molar-refractivity contribution < 1.29 is 9.53 Å². The lowest BCUT2D eigenvalue weighted by Gasteiger charge is -2.26. The van der Waals surface area contributed by atoms with Crippen LogP contribution in [0.25, 0.3) is 0 Å². The smallest absolute Gasteiger partial charge is 0.312 e. The molecule has 0 aromatic heterocycles. The minimum absolute atomic E-state index is 0.180. The lowest BCUT2D eigenvalue weighted by Crippen LogP contribution is -2.34. The van der Waals surface area contributed by atoms with Crippen LogP contribution in [0, 0.1) is 17.3 Å². The molecular formula is C13H22O2. The van der Waals surface area contributed by atoms with E-state index in [1.54, 1.807) is 0 Å². The predicted octanol–water partition coefficient (Wildman–Crippen LogP) is 3.16. The van der Waals surface area contributed by atoms with Gasteiger partial charge in [-0.05, 0) is 34.1 Å². The Morgan fingerprint density at radius 3 is 2.13 bits per heavy atom. The molecule has 0 atom stereocenters. The number of carbonyl (C=O) groups is 1. The molecule has 0 amide bonds. The van der Waals surface area contributed by atoms with Gasteiger partial charge in [0.1, 0.15) is 0 Å². The quantitative estimate of drug-likeness (QED) is 0.528. The summed E-state index contributed by atoms with van der Waals surface area (Å²) in [7, 11) is 0. The Labute approximate surface area is 93.4 Å². The van der Waals surface area contributed by atoms with Crippen LogP contribution < -0.4 is 0 Å². The predicted molar refractivity (Wildman–Crippen MR) is 62.3 cm³/mol. The molecule has 0 fully saturated rings. The second-order valence-electron chi connectivity index (χ2n) is 4.79. The average Bonchev–Trinajstić information content (AvgIpc) is 2.14. The normalized spacial score (nSPS) is 11.6. The summed E-state index contributed by atoms with van der Waals surface area (Å²) in [4.78, 5) is 11.8. The van der Waals surface area contributed by atoms with E-state index in [2.05, 4.69) is 11.8 Å². The van der Waals surface area contributed by atoms with E-state index in [0.29, 0.717) is 0 Å². The first-order chi connectivity index (χ1) is 6.75. The number of hydrogen-bond acceptors (Lipinski definition) is 2. The average molecular weight is 210 g/mol. The maximum Gasteiger partial charge on any atom is 0.312 e. The molecule has 0 radical (unpaired) electrons. The van der Waals surface area contributed by atoms with Gasteiger partial charge >= 0.3 is 5.97 Å². The van der Waals surface area contributed by atoms with Crippen molar-refractivity contribution in [3.8, 4) is 11.8 Å². The number of esters is 1. The van der Waals surface area contributed by atoms with Crippen LogP contribution in [-0.4, -0.2) is 11.6 Å². The van der Waals surface area contributed by atoms with Crippen LogP contribution in [0.5, 0.6) is 0 Å². The second kappa shape index (κ2) is 5.21. The van der Waals surface area contributed by atoms with Crippen LogP contribution in [-0.2, 0) is 9.53 Å². The summed E-state index contributed by atoms with van der Waals surface area (Å²) in [6, 6.07) is 0. The zero-order chi connectivity index (χ0) is 12.1. The molecule has 0 spiro atoms. The van der Waals surface area contributed by atoms with Gasteiger partial charge < -0.3 is 4.74 Å². The van der Waals surface area contributed by atoms with E-state index in [1.807, 2.05) is 41.5 Å². The molecule has 0 aromatic rings. The third-order valence-corrected chi connectivity index (χ3v) is 2.35. The maximum atomic E-state index is 11.8. The Balaban J connectivity index is 4.54. The summed E-state index contributed by atoms with van der Waals surface area (Å²) in [5.41, 5.74) is -1.11. The summed E-state index contributed by atoms with van der Waals surface area (Å²) < 4.78 is 5.38. The minimum Gasteiger partial charge on any atom is -0.446 e. The van der Waals surface area contributed by atoms with Crippen LogP contribution in [0.4, 0.5) is 0 Å². The van der Waals surface area contributed by atoms with E-state index in [-0.39, 0.29) is 5.97 Å². The van der Waals surface area contributed by atoms with Crippen LogP contribution >= 0.6 is 0 Å². The Hall–Kier alpha value is -0.970. The van der Waals surface area contributed by atoms with Crippen LogP contribution in [0.15, 0.2) is 0 Å². The highest BCUT2D eigenvalue weighted by molar-refractivity contribution is 5.76. The van der Waals surface area contributed by atoms with Gasteiger partial charge in [-0.2, -0.15) is 0 Å². The maximum absolute atomic E-state index is 11.8. The molecule has 0 aliphatic rings. The molecule has 15 heavy (non-hydrogen) atoms. The number of ether oxygens (including phenoxy) is 1. The first kappa shape index (κ1) is 14.0. The summed E-state index contributed by atoms with van der Waals surface area (Å²) >= 11 is 0. The Morgan fingerprint density at radius 1 is 1.20 bits per heavy atom. The zero-order valence-electron chi connectivity index (χ0n) is 10.7. The van der Waals surface area contributed by atoms with Crippen LogP contribution in [0.3, 0.4) is 0 Å². The van der Waals surface area contributed by atoms with Gasteiger partial charge in [-0.15, -0.1) is 0 Å². The van der Waals surface area contributed by atoms with E-state index in [0.717, 1.165) is 12.8 Å². The van der Waals surface area contributed by atoms with Gasteiger partial charge in [0.2, 0.25) is 0 Å². The summed E-state index contributed by atoms with van der Waals surface area (Å²) in [5, 5.41) is 0. The molecule has 86 valence electrons. The fourth-order valence-electron chi connectivity index (χ4n) is 0.841. The third kappa shape index (κ3) is 4.88. The summed E-state index contributed by atoms with van der Waals surface area (Å²) in [6.07, 6.45) is 1.54. The SMILES string of the molecule is CCC#CC(C)(C)OC(=O)C(C)(C)CC. The molecule has 0 saturated heterocycles. The lowest BCUT2D eigenvalue weighted by molar-refractivity contribution is -0.162. The minimum atomic E-state index is -0.681. The van der Waals surface area contributed by atoms with Gasteiger partial charge in [-0.1, -0.05) is 25.7 Å². The van der Waals surface area contributed by atoms with E-state index in [4.69, 9.17) is 4.74 Å². The molecule has 2 nitrogen and oxygen atoms in total. The highest BCUT2D eigenvalue weighted by Gasteiger charge is 2.31. The number of rotatable bonds is 3. The molecule has 0 aliphatic heterocycles. The van der Waals surface area contributed by atoms with Gasteiger partial charge in [0.15, 0.2) is 5.60 Å². The van der Waals surface area contributed by atoms with Crippen molar-refractivity contribution in [3.63, 3.8) is 0 Å². The molecule has 0 N–H and O–H groups in total. The van der Waals surface area contributed by atoms with Crippen LogP contribution in [0.2, 0.25) is 0 Å². The summed E-state index contributed by atoms with van der Waals surface area (Å²) in [5.74, 6) is 5.70. The standard InChI is InChI=1S/C13H22O2/c1-7-9-10-13(5,6)15-11(14)12(3,4)8-2/h7-8H2,1-6H3. The molecule has 0 heterocycles. The molecule has 0 unspecified atom stereocenters. The van der Waals surface area contributed by atoms with E-state index < -0.39 is 11.0 Å². The lowest BCUT2D eigenvalue weighted by atomic mass is 9.90. The van der Waals surface area contributed by atoms with Gasteiger partial charge in [0, 0.05) is 6.42 Å². The Bertz CT molecular complexity index is 277. The van der Waals surface area contributed by atoms with E-state index in [1.165, 1.54) is 0 Å². The molecule has 0 saturated carbocycles. The topological polar surface area (TPSA) is 26.3 Å². The third-order valence-electron chi connectivity index (χ3n) is 2.35. The highest BCUT2D eigenvalue weighted by atomic mass is 16.6. The molecular weight excluding hydrogens is 188 g/mol. The first-order valence-electron chi connectivity index (χ1n) is 5.48. The number of carbonyl (C=O) groups excluding carboxylic acids is 1. The first-order valence-corrected chi connectivity index (χ1v) is 5.48. The fraction of sp³-hybridized carbons (Fsp3) is 0.769. The van der Waals surface area contributed by atoms with Gasteiger partial charge in [0.05, 0.1) is 5.41 Å². The Kier molecular flexibility index (Phi) is 4.87. The van der Waals surface area contributed by atoms with Gasteiger partial charge in [-0.3, -0.25) is 4.79 Å². The molecule has 0 bridgehead atoms. The monoisotopic (exact) mass is 210 g/mol. The Morgan fingerprint density at radius 2 is 1.73 bits per heavy atom. The van der Waals surface area contributed by atoms with Crippen LogP contribution in [0.1, 0.15) is 54.4 Å². The van der Waals surface area contributed by atoms with Gasteiger partial charge in [-0.25, -0.2) is 0 Å². The second-order valence-corrected chi connectivity index (χ2v) is 4.79. The zero-order valence-corrected chi connectivity index (χ0v) is 10.7. The van der Waals surface area contributed by atoms with Crippen molar-refractivity contribution in [2.75, 3.05) is 0 Å². The van der Waals surface area contributed by atoms with Crippen molar-refractivity contribution in [2.24, 2.45) is 5.41 Å². The van der Waals surface area contributed by atoms with Crippen molar-refractivity contribution in [3.05, 3.63) is 0 Å². The van der Waals surface area contributed by atoms with Crippen molar-refractivity contribution >= 4 is 5.97 Å². The van der Waals surface area contributed by atoms with Crippen molar-refractivity contribution in [1.29, 1.82) is 0 Å². The van der Waals surface area contributed by atoms with Crippen molar-refractivity contribution in [2.45, 2.75) is 60.0 Å². The van der Waals surface area contributed by atoms with Crippen molar-refractivity contribution in [1.82, 2.24) is 0 Å².